The normalized spacial score (nSPS) is 27.1. The molecule has 0 aromatic heterocycles. The van der Waals surface area contributed by atoms with Crippen LogP contribution in [0.1, 0.15) is 38.5 Å². The molecule has 3 aliphatic rings. The third-order valence-corrected chi connectivity index (χ3v) is 7.31. The highest BCUT2D eigenvalue weighted by Gasteiger charge is 2.33. The SMILES string of the molecule is CN=C(NCC1CCN(S(C)(=O)=O)C1)NC1CCN(C(=O)C2CCCC2)C1.I. The average Bonchev–Trinajstić information content (AvgIpc) is 3.39. The van der Waals surface area contributed by atoms with Crippen LogP contribution in [0.15, 0.2) is 4.99 Å². The molecule has 1 amide bonds. The van der Waals surface area contributed by atoms with Gasteiger partial charge >= 0.3 is 0 Å². The van der Waals surface area contributed by atoms with Gasteiger partial charge in [-0.05, 0) is 31.6 Å². The van der Waals surface area contributed by atoms with E-state index in [0.29, 0.717) is 31.5 Å². The molecular formula is C18H34IN5O3S. The Morgan fingerprint density at radius 3 is 2.43 bits per heavy atom. The largest absolute Gasteiger partial charge is 0.356 e. The lowest BCUT2D eigenvalue weighted by Crippen LogP contribution is -2.46. The number of nitrogens with one attached hydrogen (secondary N) is 2. The van der Waals surface area contributed by atoms with Crippen molar-refractivity contribution in [2.24, 2.45) is 16.8 Å². The van der Waals surface area contributed by atoms with E-state index in [1.807, 2.05) is 4.90 Å². The van der Waals surface area contributed by atoms with Gasteiger partial charge in [-0.25, -0.2) is 12.7 Å². The molecule has 3 rings (SSSR count). The molecule has 2 saturated heterocycles. The summed E-state index contributed by atoms with van der Waals surface area (Å²) in [7, 11) is -1.36. The van der Waals surface area contributed by atoms with Gasteiger partial charge in [0.2, 0.25) is 15.9 Å². The van der Waals surface area contributed by atoms with Crippen LogP contribution in [0.3, 0.4) is 0 Å². The standard InChI is InChI=1S/C18H33N5O3S.HI/c1-19-18(20-11-14-7-10-23(12-14)27(2,25)26)21-16-8-9-22(13-16)17(24)15-5-3-4-6-15;/h14-16H,3-13H2,1-2H3,(H2,19,20,21);1H. The first-order valence-corrected chi connectivity index (χ1v) is 11.9. The molecule has 0 aromatic rings. The second-order valence-corrected chi connectivity index (χ2v) is 10.1. The number of carbonyl (C=O) groups is 1. The lowest BCUT2D eigenvalue weighted by molar-refractivity contribution is -0.134. The van der Waals surface area contributed by atoms with Gasteiger partial charge in [-0.15, -0.1) is 24.0 Å². The lowest BCUT2D eigenvalue weighted by Gasteiger charge is -2.22. The molecule has 0 spiro atoms. The summed E-state index contributed by atoms with van der Waals surface area (Å²) in [4.78, 5) is 18.8. The van der Waals surface area contributed by atoms with E-state index in [1.165, 1.54) is 19.1 Å². The first-order chi connectivity index (χ1) is 12.9. The van der Waals surface area contributed by atoms with Gasteiger partial charge in [-0.1, -0.05) is 12.8 Å². The Morgan fingerprint density at radius 2 is 1.82 bits per heavy atom. The van der Waals surface area contributed by atoms with Crippen molar-refractivity contribution in [2.75, 3.05) is 46.0 Å². The maximum Gasteiger partial charge on any atom is 0.225 e. The zero-order chi connectivity index (χ0) is 19.4. The van der Waals surface area contributed by atoms with Crippen LogP contribution in [0.25, 0.3) is 0 Å². The summed E-state index contributed by atoms with van der Waals surface area (Å²) in [6.45, 7) is 3.41. The van der Waals surface area contributed by atoms with Crippen molar-refractivity contribution in [3.8, 4) is 0 Å². The molecule has 10 heteroatoms. The third-order valence-electron chi connectivity index (χ3n) is 6.04. The van der Waals surface area contributed by atoms with Gasteiger partial charge in [0.05, 0.1) is 6.26 Å². The van der Waals surface area contributed by atoms with E-state index in [4.69, 9.17) is 0 Å². The Morgan fingerprint density at radius 1 is 1.11 bits per heavy atom. The van der Waals surface area contributed by atoms with Crippen molar-refractivity contribution in [1.29, 1.82) is 0 Å². The lowest BCUT2D eigenvalue weighted by atomic mass is 10.1. The molecule has 3 fully saturated rings. The fraction of sp³-hybridized carbons (Fsp3) is 0.889. The smallest absolute Gasteiger partial charge is 0.225 e. The van der Waals surface area contributed by atoms with Gasteiger partial charge in [0.1, 0.15) is 0 Å². The van der Waals surface area contributed by atoms with Crippen molar-refractivity contribution in [3.05, 3.63) is 0 Å². The number of hydrogen-bond donors (Lipinski definition) is 2. The number of nitrogens with zero attached hydrogens (tertiary/aromatic N) is 3. The third kappa shape index (κ3) is 6.19. The Balaban J connectivity index is 0.00000280. The topological polar surface area (TPSA) is 94.1 Å². The van der Waals surface area contributed by atoms with E-state index < -0.39 is 10.0 Å². The van der Waals surface area contributed by atoms with Gasteiger partial charge < -0.3 is 15.5 Å². The van der Waals surface area contributed by atoms with Crippen LogP contribution in [0.2, 0.25) is 0 Å². The minimum atomic E-state index is -3.10. The summed E-state index contributed by atoms with van der Waals surface area (Å²) < 4.78 is 24.8. The quantitative estimate of drug-likeness (QED) is 0.314. The fourth-order valence-electron chi connectivity index (χ4n) is 4.40. The number of carbonyl (C=O) groups excluding carboxylic acids is 1. The van der Waals surface area contributed by atoms with Crippen molar-refractivity contribution >= 4 is 45.9 Å². The summed E-state index contributed by atoms with van der Waals surface area (Å²) in [6, 6.07) is 0.220. The maximum absolute atomic E-state index is 12.6. The average molecular weight is 527 g/mol. The molecule has 2 unspecified atom stereocenters. The van der Waals surface area contributed by atoms with E-state index in [1.54, 1.807) is 11.4 Å². The Kier molecular flexibility index (Phi) is 8.80. The molecule has 2 atom stereocenters. The van der Waals surface area contributed by atoms with Crippen molar-refractivity contribution in [1.82, 2.24) is 19.8 Å². The summed E-state index contributed by atoms with van der Waals surface area (Å²) in [5.74, 6) is 1.59. The fourth-order valence-corrected chi connectivity index (χ4v) is 5.32. The Hall–Kier alpha value is -0.620. The highest BCUT2D eigenvalue weighted by molar-refractivity contribution is 14.0. The van der Waals surface area contributed by atoms with Gasteiger partial charge in [-0.3, -0.25) is 9.79 Å². The Labute approximate surface area is 186 Å². The number of halogens is 1. The van der Waals surface area contributed by atoms with E-state index in [9.17, 15) is 13.2 Å². The zero-order valence-corrected chi connectivity index (χ0v) is 20.0. The monoisotopic (exact) mass is 527 g/mol. The van der Waals surface area contributed by atoms with Crippen LogP contribution in [0.5, 0.6) is 0 Å². The second kappa shape index (κ2) is 10.4. The predicted molar refractivity (Wildman–Crippen MR) is 121 cm³/mol. The molecule has 162 valence electrons. The summed E-state index contributed by atoms with van der Waals surface area (Å²) >= 11 is 0. The number of aliphatic imine (C=N–C) groups is 1. The molecule has 0 radical (unpaired) electrons. The molecule has 2 heterocycles. The molecule has 8 nitrogen and oxygen atoms in total. The highest BCUT2D eigenvalue weighted by Crippen LogP contribution is 2.27. The molecule has 0 bridgehead atoms. The Bertz CT molecular complexity index is 666. The molecular weight excluding hydrogens is 493 g/mol. The van der Waals surface area contributed by atoms with Crippen LogP contribution >= 0.6 is 24.0 Å². The van der Waals surface area contributed by atoms with Crippen LogP contribution in [-0.4, -0.2) is 81.6 Å². The van der Waals surface area contributed by atoms with E-state index >= 15 is 0 Å². The highest BCUT2D eigenvalue weighted by atomic mass is 127. The van der Waals surface area contributed by atoms with E-state index in [2.05, 4.69) is 15.6 Å². The van der Waals surface area contributed by atoms with Gasteiger partial charge in [-0.2, -0.15) is 0 Å². The van der Waals surface area contributed by atoms with Crippen LogP contribution in [-0.2, 0) is 14.8 Å². The maximum atomic E-state index is 12.6. The number of amides is 1. The number of sulfonamides is 1. The van der Waals surface area contributed by atoms with Crippen LogP contribution < -0.4 is 10.6 Å². The first kappa shape index (κ1) is 23.7. The molecule has 28 heavy (non-hydrogen) atoms. The van der Waals surface area contributed by atoms with Gasteiger partial charge in [0, 0.05) is 51.7 Å². The summed E-state index contributed by atoms with van der Waals surface area (Å²) in [5.41, 5.74) is 0. The molecule has 0 aromatic carbocycles. The number of guanidine groups is 1. The van der Waals surface area contributed by atoms with Crippen molar-refractivity contribution in [3.63, 3.8) is 0 Å². The first-order valence-electron chi connectivity index (χ1n) is 10.1. The van der Waals surface area contributed by atoms with Crippen molar-refractivity contribution < 1.29 is 13.2 Å². The summed E-state index contributed by atoms with van der Waals surface area (Å²) in [5, 5.41) is 6.74. The van der Waals surface area contributed by atoms with Crippen molar-refractivity contribution in [2.45, 2.75) is 44.6 Å². The molecule has 1 aliphatic carbocycles. The van der Waals surface area contributed by atoms with Crippen LogP contribution in [0, 0.1) is 11.8 Å². The van der Waals surface area contributed by atoms with Gasteiger partial charge in [0.25, 0.3) is 0 Å². The minimum Gasteiger partial charge on any atom is -0.356 e. The zero-order valence-electron chi connectivity index (χ0n) is 16.9. The van der Waals surface area contributed by atoms with Crippen LogP contribution in [0.4, 0.5) is 0 Å². The minimum absolute atomic E-state index is 0. The number of rotatable bonds is 5. The number of likely N-dealkylation sites (tertiary alicyclic amines) is 1. The van der Waals surface area contributed by atoms with E-state index in [-0.39, 0.29) is 35.9 Å². The molecule has 1 saturated carbocycles. The predicted octanol–water partition coefficient (Wildman–Crippen LogP) is 0.842. The molecule has 2 aliphatic heterocycles. The second-order valence-electron chi connectivity index (χ2n) is 8.12. The van der Waals surface area contributed by atoms with E-state index in [0.717, 1.165) is 44.7 Å². The molecule has 2 N–H and O–H groups in total. The summed E-state index contributed by atoms with van der Waals surface area (Å²) in [6.07, 6.45) is 7.52. The number of hydrogen-bond acceptors (Lipinski definition) is 4. The van der Waals surface area contributed by atoms with Gasteiger partial charge in [0.15, 0.2) is 5.96 Å².